The van der Waals surface area contributed by atoms with Gasteiger partial charge in [-0.15, -0.1) is 6.58 Å². The van der Waals surface area contributed by atoms with Crippen LogP contribution in [0.15, 0.2) is 28.4 Å². The highest BCUT2D eigenvalue weighted by Gasteiger charge is 2.52. The standard InChI is InChI=1S/C18H30N2O5Si/c1-8-18(11-21)13(25-26(6,7)17(3,4)5)9-14(24-18)20-10-12(2)15(22)19-16(20)23/h8,10,13-14,21H,1,9,11H2,2-7H3,(H,19,22,23)/t13-,14+,18+/m0/s1. The van der Waals surface area contributed by atoms with E-state index >= 15 is 0 Å². The Labute approximate surface area is 154 Å². The summed E-state index contributed by atoms with van der Waals surface area (Å²) in [6.07, 6.45) is 2.32. The van der Waals surface area contributed by atoms with E-state index in [1.165, 1.54) is 10.8 Å². The van der Waals surface area contributed by atoms with Crippen molar-refractivity contribution in [2.75, 3.05) is 6.61 Å². The molecule has 0 radical (unpaired) electrons. The van der Waals surface area contributed by atoms with Gasteiger partial charge in [0.25, 0.3) is 5.56 Å². The van der Waals surface area contributed by atoms with Gasteiger partial charge in [0.1, 0.15) is 11.8 Å². The van der Waals surface area contributed by atoms with Crippen molar-refractivity contribution < 1.29 is 14.3 Å². The number of hydrogen-bond donors (Lipinski definition) is 2. The van der Waals surface area contributed by atoms with Gasteiger partial charge >= 0.3 is 5.69 Å². The van der Waals surface area contributed by atoms with Crippen molar-refractivity contribution in [3.63, 3.8) is 0 Å². The van der Waals surface area contributed by atoms with Crippen molar-refractivity contribution >= 4 is 8.32 Å². The fourth-order valence-electron chi connectivity index (χ4n) is 2.79. The minimum Gasteiger partial charge on any atom is -0.410 e. The summed E-state index contributed by atoms with van der Waals surface area (Å²) in [5.41, 5.74) is -1.65. The summed E-state index contributed by atoms with van der Waals surface area (Å²) in [4.78, 5) is 26.1. The molecule has 1 fully saturated rings. The lowest BCUT2D eigenvalue weighted by Gasteiger charge is -2.41. The van der Waals surface area contributed by atoms with E-state index in [2.05, 4.69) is 45.4 Å². The third-order valence-electron chi connectivity index (χ3n) is 5.61. The lowest BCUT2D eigenvalue weighted by molar-refractivity contribution is -0.0949. The molecule has 1 saturated heterocycles. The van der Waals surface area contributed by atoms with E-state index in [9.17, 15) is 14.7 Å². The topological polar surface area (TPSA) is 93.5 Å². The van der Waals surface area contributed by atoms with Crippen molar-refractivity contribution in [3.8, 4) is 0 Å². The highest BCUT2D eigenvalue weighted by molar-refractivity contribution is 6.74. The number of rotatable bonds is 5. The van der Waals surface area contributed by atoms with Crippen LogP contribution in [-0.4, -0.2) is 41.3 Å². The number of ether oxygens (including phenoxy) is 1. The van der Waals surface area contributed by atoms with Crippen LogP contribution in [-0.2, 0) is 9.16 Å². The van der Waals surface area contributed by atoms with Crippen molar-refractivity contribution in [2.24, 2.45) is 0 Å². The molecule has 1 aromatic rings. The highest BCUT2D eigenvalue weighted by Crippen LogP contribution is 2.44. The monoisotopic (exact) mass is 382 g/mol. The van der Waals surface area contributed by atoms with Crippen LogP contribution in [0.25, 0.3) is 0 Å². The number of H-pyrrole nitrogens is 1. The first kappa shape index (κ1) is 20.8. The number of aryl methyl sites for hydroxylation is 1. The van der Waals surface area contributed by atoms with Gasteiger partial charge in [-0.3, -0.25) is 14.3 Å². The predicted octanol–water partition coefficient (Wildman–Crippen LogP) is 2.07. The average Bonchev–Trinajstić information content (AvgIpc) is 2.88. The first-order valence-electron chi connectivity index (χ1n) is 8.79. The fraction of sp³-hybridized carbons (Fsp3) is 0.667. The van der Waals surface area contributed by atoms with Crippen LogP contribution < -0.4 is 11.2 Å². The smallest absolute Gasteiger partial charge is 0.330 e. The van der Waals surface area contributed by atoms with E-state index in [4.69, 9.17) is 9.16 Å². The van der Waals surface area contributed by atoms with Crippen molar-refractivity contribution in [1.82, 2.24) is 9.55 Å². The van der Waals surface area contributed by atoms with Crippen LogP contribution in [0.5, 0.6) is 0 Å². The Hall–Kier alpha value is -1.48. The van der Waals surface area contributed by atoms with Crippen molar-refractivity contribution in [2.45, 2.75) is 70.2 Å². The normalized spacial score (nSPS) is 26.9. The SMILES string of the molecule is C=C[C@]1(CO)O[C@@H](n2cc(C)c(=O)[nH]c2=O)C[C@@H]1O[Si](C)(C)C(C)(C)C. The minimum absolute atomic E-state index is 0.0150. The van der Waals surface area contributed by atoms with E-state index in [0.29, 0.717) is 12.0 Å². The second-order valence-corrected chi connectivity index (χ2v) is 13.2. The second-order valence-electron chi connectivity index (χ2n) is 8.47. The number of nitrogens with one attached hydrogen (secondary N) is 1. The number of nitrogens with zero attached hydrogens (tertiary/aromatic N) is 1. The zero-order chi connectivity index (χ0) is 19.9. The average molecular weight is 383 g/mol. The summed E-state index contributed by atoms with van der Waals surface area (Å²) in [5.74, 6) is 0. The minimum atomic E-state index is -2.14. The molecule has 7 nitrogen and oxygen atoms in total. The molecular formula is C18H30N2O5Si. The quantitative estimate of drug-likeness (QED) is 0.601. The molecule has 146 valence electrons. The van der Waals surface area contributed by atoms with E-state index in [1.807, 2.05) is 0 Å². The molecule has 0 unspecified atom stereocenters. The van der Waals surface area contributed by atoms with E-state index in [1.54, 1.807) is 13.0 Å². The Morgan fingerprint density at radius 1 is 1.50 bits per heavy atom. The van der Waals surface area contributed by atoms with Gasteiger partial charge < -0.3 is 14.3 Å². The Bertz CT molecular complexity index is 792. The van der Waals surface area contributed by atoms with E-state index in [0.717, 1.165) is 0 Å². The van der Waals surface area contributed by atoms with Gasteiger partial charge in [-0.1, -0.05) is 26.8 Å². The molecule has 3 atom stereocenters. The molecule has 2 N–H and O–H groups in total. The first-order chi connectivity index (χ1) is 11.9. The Kier molecular flexibility index (Phi) is 5.54. The largest absolute Gasteiger partial charge is 0.410 e. The molecule has 2 heterocycles. The van der Waals surface area contributed by atoms with E-state index in [-0.39, 0.29) is 11.6 Å². The van der Waals surface area contributed by atoms with Gasteiger partial charge in [-0.05, 0) is 25.1 Å². The molecule has 26 heavy (non-hydrogen) atoms. The van der Waals surface area contributed by atoms with Crippen LogP contribution in [0.1, 0.15) is 39.0 Å². The second kappa shape index (κ2) is 6.92. The van der Waals surface area contributed by atoms with Crippen LogP contribution in [0, 0.1) is 6.92 Å². The third kappa shape index (κ3) is 3.64. The fourth-order valence-corrected chi connectivity index (χ4v) is 4.15. The lowest BCUT2D eigenvalue weighted by Crippen LogP contribution is -2.51. The maximum absolute atomic E-state index is 12.2. The summed E-state index contributed by atoms with van der Waals surface area (Å²) in [6, 6.07) is 0. The number of aliphatic hydroxyl groups is 1. The number of aliphatic hydroxyl groups excluding tert-OH is 1. The zero-order valence-corrected chi connectivity index (χ0v) is 17.5. The summed E-state index contributed by atoms with van der Waals surface area (Å²) in [5, 5.41) is 10.00. The van der Waals surface area contributed by atoms with Gasteiger partial charge in [0.2, 0.25) is 0 Å². The Morgan fingerprint density at radius 3 is 2.62 bits per heavy atom. The first-order valence-corrected chi connectivity index (χ1v) is 11.7. The van der Waals surface area contributed by atoms with Crippen LogP contribution in [0.3, 0.4) is 0 Å². The lowest BCUT2D eigenvalue weighted by atomic mass is 9.98. The molecule has 0 amide bonds. The van der Waals surface area contributed by atoms with E-state index < -0.39 is 37.5 Å². The number of aromatic nitrogens is 2. The highest BCUT2D eigenvalue weighted by atomic mass is 28.4. The predicted molar refractivity (Wildman–Crippen MR) is 103 cm³/mol. The molecule has 0 spiro atoms. The molecular weight excluding hydrogens is 352 g/mol. The Balaban J connectivity index is 2.42. The van der Waals surface area contributed by atoms with Crippen molar-refractivity contribution in [3.05, 3.63) is 45.3 Å². The number of aromatic amines is 1. The van der Waals surface area contributed by atoms with Crippen molar-refractivity contribution in [1.29, 1.82) is 0 Å². The molecule has 0 saturated carbocycles. The molecule has 1 aromatic heterocycles. The van der Waals surface area contributed by atoms with Gasteiger partial charge in [0.15, 0.2) is 8.32 Å². The summed E-state index contributed by atoms with van der Waals surface area (Å²) in [6.45, 7) is 15.8. The molecule has 1 aliphatic heterocycles. The van der Waals surface area contributed by atoms with Gasteiger partial charge in [-0.2, -0.15) is 0 Å². The molecule has 0 aromatic carbocycles. The maximum Gasteiger partial charge on any atom is 0.330 e. The van der Waals surface area contributed by atoms with Gasteiger partial charge in [0.05, 0.1) is 12.7 Å². The zero-order valence-electron chi connectivity index (χ0n) is 16.5. The maximum atomic E-state index is 12.2. The van der Waals surface area contributed by atoms with Crippen LogP contribution in [0.4, 0.5) is 0 Å². The molecule has 1 aliphatic rings. The molecule has 8 heteroatoms. The summed E-state index contributed by atoms with van der Waals surface area (Å²) in [7, 11) is -2.14. The molecule has 0 bridgehead atoms. The third-order valence-corrected chi connectivity index (χ3v) is 10.1. The molecule has 0 aliphatic carbocycles. The van der Waals surface area contributed by atoms with Gasteiger partial charge in [-0.25, -0.2) is 4.79 Å². The Morgan fingerprint density at radius 2 is 2.12 bits per heavy atom. The van der Waals surface area contributed by atoms with Crippen LogP contribution in [0.2, 0.25) is 18.1 Å². The summed E-state index contributed by atoms with van der Waals surface area (Å²) < 4.78 is 13.9. The number of hydrogen-bond acceptors (Lipinski definition) is 5. The molecule has 2 rings (SSSR count). The van der Waals surface area contributed by atoms with Crippen LogP contribution >= 0.6 is 0 Å². The summed E-state index contributed by atoms with van der Waals surface area (Å²) >= 11 is 0. The van der Waals surface area contributed by atoms with Gasteiger partial charge in [0, 0.05) is 18.2 Å².